The molecule has 1 aromatic heterocycles. The second-order valence-electron chi connectivity index (χ2n) is 3.64. The van der Waals surface area contributed by atoms with Gasteiger partial charge in [-0.15, -0.1) is 10.2 Å². The van der Waals surface area contributed by atoms with Gasteiger partial charge in [0.25, 0.3) is 5.89 Å². The molecule has 0 bridgehead atoms. The molecule has 2 aromatic rings. The highest BCUT2D eigenvalue weighted by atomic mass is 16.5. The Hall–Kier alpha value is -2.08. The van der Waals surface area contributed by atoms with Crippen molar-refractivity contribution in [3.05, 3.63) is 35.5 Å². The molecule has 0 aliphatic heterocycles. The molecule has 0 radical (unpaired) electrons. The molecule has 0 saturated carbocycles. The van der Waals surface area contributed by atoms with Crippen molar-refractivity contribution in [3.8, 4) is 11.5 Å². The summed E-state index contributed by atoms with van der Waals surface area (Å²) in [7, 11) is 1.57. The van der Waals surface area contributed by atoms with Crippen LogP contribution in [0.15, 0.2) is 22.6 Å². The number of aryl methyl sites for hydroxylation is 1. The molecule has 0 fully saturated rings. The Labute approximate surface area is 104 Å². The van der Waals surface area contributed by atoms with E-state index in [0.29, 0.717) is 28.8 Å². The van der Waals surface area contributed by atoms with Gasteiger partial charge in [0.1, 0.15) is 11.5 Å². The Morgan fingerprint density at radius 1 is 1.33 bits per heavy atom. The molecule has 0 atom stereocenters. The lowest BCUT2D eigenvalue weighted by Crippen LogP contribution is -1.99. The molecule has 1 heterocycles. The van der Waals surface area contributed by atoms with Crippen LogP contribution in [0.1, 0.15) is 17.3 Å². The van der Waals surface area contributed by atoms with E-state index in [0.717, 1.165) is 0 Å². The summed E-state index contributed by atoms with van der Waals surface area (Å²) in [6.07, 6.45) is 0. The van der Waals surface area contributed by atoms with Crippen LogP contribution in [-0.2, 0) is 13.2 Å². The highest BCUT2D eigenvalue weighted by molar-refractivity contribution is 5.39. The maximum atomic E-state index is 9.25. The van der Waals surface area contributed by atoms with E-state index in [4.69, 9.17) is 13.9 Å². The zero-order valence-corrected chi connectivity index (χ0v) is 10.2. The molecule has 0 unspecified atom stereocenters. The first kappa shape index (κ1) is 12.4. The summed E-state index contributed by atoms with van der Waals surface area (Å²) in [4.78, 5) is 0. The minimum absolute atomic E-state index is 0.130. The predicted molar refractivity (Wildman–Crippen MR) is 62.3 cm³/mol. The SMILES string of the molecule is COc1ccc(OCc2nnc(C)o2)c(CO)c1. The molecule has 6 heteroatoms. The fourth-order valence-electron chi connectivity index (χ4n) is 1.48. The van der Waals surface area contributed by atoms with E-state index in [1.54, 1.807) is 32.2 Å². The van der Waals surface area contributed by atoms with Crippen LogP contribution in [0.4, 0.5) is 0 Å². The van der Waals surface area contributed by atoms with E-state index in [1.165, 1.54) is 0 Å². The molecule has 0 spiro atoms. The van der Waals surface area contributed by atoms with Gasteiger partial charge in [0, 0.05) is 12.5 Å². The number of methoxy groups -OCH3 is 1. The minimum atomic E-state index is -0.130. The van der Waals surface area contributed by atoms with E-state index >= 15 is 0 Å². The third kappa shape index (κ3) is 2.78. The fourth-order valence-corrected chi connectivity index (χ4v) is 1.48. The number of aromatic nitrogens is 2. The molecule has 0 aliphatic rings. The maximum absolute atomic E-state index is 9.25. The summed E-state index contributed by atoms with van der Waals surface area (Å²) in [6.45, 7) is 1.75. The van der Waals surface area contributed by atoms with Crippen molar-refractivity contribution in [2.24, 2.45) is 0 Å². The minimum Gasteiger partial charge on any atom is -0.497 e. The monoisotopic (exact) mass is 250 g/mol. The number of nitrogens with zero attached hydrogens (tertiary/aromatic N) is 2. The van der Waals surface area contributed by atoms with E-state index < -0.39 is 0 Å². The second-order valence-corrected chi connectivity index (χ2v) is 3.64. The first-order chi connectivity index (χ1) is 8.72. The van der Waals surface area contributed by atoms with Crippen LogP contribution < -0.4 is 9.47 Å². The highest BCUT2D eigenvalue weighted by Crippen LogP contribution is 2.24. The zero-order valence-electron chi connectivity index (χ0n) is 10.2. The molecule has 18 heavy (non-hydrogen) atoms. The molecule has 0 aliphatic carbocycles. The molecular formula is C12H14N2O4. The molecule has 6 nitrogen and oxygen atoms in total. The number of hydrogen-bond donors (Lipinski definition) is 1. The number of aliphatic hydroxyl groups excluding tert-OH is 1. The Bertz CT molecular complexity index is 525. The number of ether oxygens (including phenoxy) is 2. The van der Waals surface area contributed by atoms with Gasteiger partial charge in [0.2, 0.25) is 5.89 Å². The van der Waals surface area contributed by atoms with E-state index in [-0.39, 0.29) is 13.2 Å². The van der Waals surface area contributed by atoms with Gasteiger partial charge in [0.05, 0.1) is 13.7 Å². The molecule has 1 aromatic carbocycles. The molecule has 2 rings (SSSR count). The normalized spacial score (nSPS) is 10.4. The predicted octanol–water partition coefficient (Wildman–Crippen LogP) is 1.46. The summed E-state index contributed by atoms with van der Waals surface area (Å²) >= 11 is 0. The third-order valence-corrected chi connectivity index (χ3v) is 2.36. The van der Waals surface area contributed by atoms with Crippen LogP contribution in [0.25, 0.3) is 0 Å². The van der Waals surface area contributed by atoms with Crippen molar-refractivity contribution in [1.82, 2.24) is 10.2 Å². The van der Waals surface area contributed by atoms with Crippen molar-refractivity contribution < 1.29 is 19.0 Å². The van der Waals surface area contributed by atoms with Crippen LogP contribution in [0.2, 0.25) is 0 Å². The van der Waals surface area contributed by atoms with Gasteiger partial charge in [0.15, 0.2) is 6.61 Å². The topological polar surface area (TPSA) is 77.6 Å². The van der Waals surface area contributed by atoms with Crippen LogP contribution in [-0.4, -0.2) is 22.4 Å². The van der Waals surface area contributed by atoms with E-state index in [2.05, 4.69) is 10.2 Å². The standard InChI is InChI=1S/C12H14N2O4/c1-8-13-14-12(18-8)7-17-11-4-3-10(16-2)5-9(11)6-15/h3-5,15H,6-7H2,1-2H3. The van der Waals surface area contributed by atoms with Crippen molar-refractivity contribution in [3.63, 3.8) is 0 Å². The van der Waals surface area contributed by atoms with Crippen LogP contribution in [0.3, 0.4) is 0 Å². The Kier molecular flexibility index (Phi) is 3.78. The summed E-state index contributed by atoms with van der Waals surface area (Å²) in [5, 5.41) is 16.8. The van der Waals surface area contributed by atoms with E-state index in [9.17, 15) is 5.11 Å². The fraction of sp³-hybridized carbons (Fsp3) is 0.333. The lowest BCUT2D eigenvalue weighted by molar-refractivity contribution is 0.239. The number of rotatable bonds is 5. The number of benzene rings is 1. The van der Waals surface area contributed by atoms with Crippen LogP contribution in [0, 0.1) is 6.92 Å². The maximum Gasteiger partial charge on any atom is 0.253 e. The van der Waals surface area contributed by atoms with Gasteiger partial charge in [-0.1, -0.05) is 0 Å². The van der Waals surface area contributed by atoms with Crippen molar-refractivity contribution in [2.45, 2.75) is 20.1 Å². The smallest absolute Gasteiger partial charge is 0.253 e. The highest BCUT2D eigenvalue weighted by Gasteiger charge is 2.08. The first-order valence-corrected chi connectivity index (χ1v) is 5.42. The Morgan fingerprint density at radius 3 is 2.78 bits per heavy atom. The van der Waals surface area contributed by atoms with Gasteiger partial charge in [-0.2, -0.15) is 0 Å². The van der Waals surface area contributed by atoms with Crippen molar-refractivity contribution in [1.29, 1.82) is 0 Å². The lowest BCUT2D eigenvalue weighted by Gasteiger charge is -2.09. The number of aliphatic hydroxyl groups is 1. The molecule has 96 valence electrons. The largest absolute Gasteiger partial charge is 0.497 e. The lowest BCUT2D eigenvalue weighted by atomic mass is 10.2. The Morgan fingerprint density at radius 2 is 2.17 bits per heavy atom. The average Bonchev–Trinajstić information content (AvgIpc) is 2.82. The van der Waals surface area contributed by atoms with Gasteiger partial charge >= 0.3 is 0 Å². The summed E-state index contributed by atoms with van der Waals surface area (Å²) < 4.78 is 15.8. The van der Waals surface area contributed by atoms with Gasteiger partial charge in [-0.05, 0) is 18.2 Å². The molecule has 0 saturated heterocycles. The van der Waals surface area contributed by atoms with Crippen LogP contribution in [0.5, 0.6) is 11.5 Å². The zero-order chi connectivity index (χ0) is 13.0. The Balaban J connectivity index is 2.08. The molecular weight excluding hydrogens is 236 g/mol. The van der Waals surface area contributed by atoms with E-state index in [1.807, 2.05) is 0 Å². The molecule has 0 amide bonds. The van der Waals surface area contributed by atoms with Gasteiger partial charge in [-0.25, -0.2) is 0 Å². The number of hydrogen-bond acceptors (Lipinski definition) is 6. The quantitative estimate of drug-likeness (QED) is 0.865. The summed E-state index contributed by atoms with van der Waals surface area (Å²) in [6, 6.07) is 5.20. The van der Waals surface area contributed by atoms with Crippen molar-refractivity contribution in [2.75, 3.05) is 7.11 Å². The third-order valence-electron chi connectivity index (χ3n) is 2.36. The summed E-state index contributed by atoms with van der Waals surface area (Å²) in [5.74, 6) is 2.12. The summed E-state index contributed by atoms with van der Waals surface area (Å²) in [5.41, 5.74) is 0.644. The van der Waals surface area contributed by atoms with Gasteiger partial charge < -0.3 is 19.0 Å². The van der Waals surface area contributed by atoms with Crippen LogP contribution >= 0.6 is 0 Å². The van der Waals surface area contributed by atoms with Gasteiger partial charge in [-0.3, -0.25) is 0 Å². The molecule has 1 N–H and O–H groups in total. The van der Waals surface area contributed by atoms with Crippen molar-refractivity contribution >= 4 is 0 Å². The first-order valence-electron chi connectivity index (χ1n) is 5.42. The second kappa shape index (κ2) is 5.50. The average molecular weight is 250 g/mol.